The molecule has 1 aliphatic carbocycles. The monoisotopic (exact) mass is 238 g/mol. The molecule has 0 aliphatic heterocycles. The van der Waals surface area contributed by atoms with Crippen LogP contribution in [-0.4, -0.2) is 27.0 Å². The highest BCUT2D eigenvalue weighted by atomic mass is 35.5. The standard InChI is InChI=1S/C8H7ClO4.ClH/c9-8(7(12)13)3-1-2-5(4-8)6(10)11;/h1-3H,4H2,(H,10,11)(H,12,13);1H. The van der Waals surface area contributed by atoms with E-state index >= 15 is 0 Å². The Morgan fingerprint density at radius 3 is 2.43 bits per heavy atom. The molecule has 0 fully saturated rings. The zero-order valence-corrected chi connectivity index (χ0v) is 8.51. The van der Waals surface area contributed by atoms with Crippen molar-refractivity contribution in [3.8, 4) is 0 Å². The number of alkyl halides is 1. The lowest BCUT2D eigenvalue weighted by atomic mass is 9.93. The summed E-state index contributed by atoms with van der Waals surface area (Å²) >= 11 is 5.66. The fourth-order valence-corrected chi connectivity index (χ4v) is 1.22. The summed E-state index contributed by atoms with van der Waals surface area (Å²) in [6.45, 7) is 0. The second-order valence-corrected chi connectivity index (χ2v) is 3.38. The van der Waals surface area contributed by atoms with Gasteiger partial charge in [0.05, 0.1) is 0 Å². The summed E-state index contributed by atoms with van der Waals surface area (Å²) in [7, 11) is 0. The molecule has 14 heavy (non-hydrogen) atoms. The van der Waals surface area contributed by atoms with Crippen molar-refractivity contribution in [2.45, 2.75) is 11.3 Å². The van der Waals surface area contributed by atoms with E-state index in [4.69, 9.17) is 21.8 Å². The molecule has 0 aromatic carbocycles. The van der Waals surface area contributed by atoms with Crippen LogP contribution in [0.25, 0.3) is 0 Å². The van der Waals surface area contributed by atoms with Gasteiger partial charge in [-0.3, -0.25) is 0 Å². The summed E-state index contributed by atoms with van der Waals surface area (Å²) < 4.78 is 0. The Balaban J connectivity index is 0.00000169. The number of halogens is 2. The number of carboxylic acids is 2. The molecular weight excluding hydrogens is 231 g/mol. The summed E-state index contributed by atoms with van der Waals surface area (Å²) in [5.41, 5.74) is -0.0000926. The van der Waals surface area contributed by atoms with E-state index in [1.54, 1.807) is 0 Å². The molecule has 1 aliphatic rings. The smallest absolute Gasteiger partial charge is 0.331 e. The van der Waals surface area contributed by atoms with Gasteiger partial charge in [-0.1, -0.05) is 18.2 Å². The van der Waals surface area contributed by atoms with Crippen molar-refractivity contribution < 1.29 is 19.8 Å². The predicted molar refractivity (Wildman–Crippen MR) is 52.9 cm³/mol. The van der Waals surface area contributed by atoms with Crippen LogP contribution in [0.2, 0.25) is 0 Å². The van der Waals surface area contributed by atoms with Crippen LogP contribution in [0.1, 0.15) is 6.42 Å². The molecule has 0 saturated carbocycles. The van der Waals surface area contributed by atoms with Gasteiger partial charge in [0.15, 0.2) is 4.87 Å². The Bertz CT molecular complexity index is 321. The lowest BCUT2D eigenvalue weighted by Gasteiger charge is -2.20. The lowest BCUT2D eigenvalue weighted by Crippen LogP contribution is -2.33. The van der Waals surface area contributed by atoms with Crippen LogP contribution in [0.3, 0.4) is 0 Å². The summed E-state index contributed by atoms with van der Waals surface area (Å²) in [5, 5.41) is 17.3. The minimum atomic E-state index is -1.61. The first-order valence-electron chi connectivity index (χ1n) is 3.50. The van der Waals surface area contributed by atoms with Gasteiger partial charge in [0, 0.05) is 12.0 Å². The van der Waals surface area contributed by atoms with Crippen LogP contribution in [0.15, 0.2) is 23.8 Å². The van der Waals surface area contributed by atoms with Crippen LogP contribution < -0.4 is 0 Å². The van der Waals surface area contributed by atoms with Crippen molar-refractivity contribution in [2.75, 3.05) is 0 Å². The molecule has 4 nitrogen and oxygen atoms in total. The molecule has 1 rings (SSSR count). The molecule has 0 heterocycles. The molecule has 0 bridgehead atoms. The third-order valence-corrected chi connectivity index (χ3v) is 2.16. The zero-order chi connectivity index (χ0) is 10.1. The Morgan fingerprint density at radius 2 is 2.00 bits per heavy atom. The first kappa shape index (κ1) is 13.0. The number of carboxylic acid groups (broad SMARTS) is 2. The number of hydrogen-bond donors (Lipinski definition) is 2. The van der Waals surface area contributed by atoms with Crippen molar-refractivity contribution in [2.24, 2.45) is 0 Å². The fourth-order valence-electron chi connectivity index (χ4n) is 1.01. The average molecular weight is 239 g/mol. The van der Waals surface area contributed by atoms with E-state index in [9.17, 15) is 9.59 Å². The zero-order valence-electron chi connectivity index (χ0n) is 6.94. The van der Waals surface area contributed by atoms with Crippen molar-refractivity contribution in [3.63, 3.8) is 0 Å². The average Bonchev–Trinajstić information content (AvgIpc) is 2.04. The van der Waals surface area contributed by atoms with Crippen LogP contribution in [0.5, 0.6) is 0 Å². The van der Waals surface area contributed by atoms with Gasteiger partial charge in [-0.15, -0.1) is 24.0 Å². The van der Waals surface area contributed by atoms with Gasteiger partial charge in [0.25, 0.3) is 0 Å². The normalized spacial score (nSPS) is 24.8. The first-order valence-corrected chi connectivity index (χ1v) is 3.87. The van der Waals surface area contributed by atoms with E-state index in [1.165, 1.54) is 18.2 Å². The molecule has 0 spiro atoms. The van der Waals surface area contributed by atoms with Crippen molar-refractivity contribution in [1.82, 2.24) is 0 Å². The number of aliphatic carboxylic acids is 2. The second-order valence-electron chi connectivity index (χ2n) is 2.70. The van der Waals surface area contributed by atoms with Gasteiger partial charge >= 0.3 is 11.9 Å². The highest BCUT2D eigenvalue weighted by Gasteiger charge is 2.37. The third kappa shape index (κ3) is 2.49. The van der Waals surface area contributed by atoms with Gasteiger partial charge in [-0.25, -0.2) is 9.59 Å². The van der Waals surface area contributed by atoms with Gasteiger partial charge < -0.3 is 10.2 Å². The molecule has 0 aromatic rings. The first-order chi connectivity index (χ1) is 5.96. The number of rotatable bonds is 2. The van der Waals surface area contributed by atoms with Crippen molar-refractivity contribution >= 4 is 35.9 Å². The minimum Gasteiger partial charge on any atom is -0.480 e. The quantitative estimate of drug-likeness (QED) is 0.715. The highest BCUT2D eigenvalue weighted by Crippen LogP contribution is 2.29. The third-order valence-electron chi connectivity index (χ3n) is 1.74. The van der Waals surface area contributed by atoms with Gasteiger partial charge in [-0.05, 0) is 0 Å². The summed E-state index contributed by atoms with van der Waals surface area (Å²) in [5.74, 6) is -2.38. The van der Waals surface area contributed by atoms with Crippen molar-refractivity contribution in [1.29, 1.82) is 0 Å². The minimum absolute atomic E-state index is 0. The Labute approximate surface area is 91.3 Å². The van der Waals surface area contributed by atoms with Gasteiger partial charge in [-0.2, -0.15) is 0 Å². The number of carbonyl (C=O) groups is 2. The molecule has 0 amide bonds. The maximum absolute atomic E-state index is 10.6. The van der Waals surface area contributed by atoms with E-state index in [0.29, 0.717) is 0 Å². The van der Waals surface area contributed by atoms with E-state index in [1.807, 2.05) is 0 Å². The summed E-state index contributed by atoms with van der Waals surface area (Å²) in [6, 6.07) is 0. The van der Waals surface area contributed by atoms with E-state index in [2.05, 4.69) is 0 Å². The number of hydrogen-bond acceptors (Lipinski definition) is 2. The summed E-state index contributed by atoms with van der Waals surface area (Å²) in [6.07, 6.45) is 3.75. The van der Waals surface area contributed by atoms with Crippen LogP contribution in [-0.2, 0) is 9.59 Å². The Hall–Kier alpha value is -1.00. The van der Waals surface area contributed by atoms with Gasteiger partial charge in [0.1, 0.15) is 0 Å². The van der Waals surface area contributed by atoms with E-state index < -0.39 is 16.8 Å². The van der Waals surface area contributed by atoms with Crippen molar-refractivity contribution in [3.05, 3.63) is 23.8 Å². The van der Waals surface area contributed by atoms with Crippen LogP contribution in [0, 0.1) is 0 Å². The molecular formula is C8H8Cl2O4. The van der Waals surface area contributed by atoms with E-state index in [0.717, 1.165) is 0 Å². The fraction of sp³-hybridized carbons (Fsp3) is 0.250. The molecule has 0 saturated heterocycles. The molecule has 2 N–H and O–H groups in total. The SMILES string of the molecule is Cl.O=C(O)C1=CC=CC(Cl)(C(=O)O)C1. The Kier molecular flexibility index (Phi) is 4.16. The largest absolute Gasteiger partial charge is 0.480 e. The molecule has 1 atom stereocenters. The van der Waals surface area contributed by atoms with Crippen LogP contribution >= 0.6 is 24.0 Å². The van der Waals surface area contributed by atoms with Crippen LogP contribution in [0.4, 0.5) is 0 Å². The lowest BCUT2D eigenvalue weighted by molar-refractivity contribution is -0.139. The molecule has 1 unspecified atom stereocenters. The molecule has 0 aromatic heterocycles. The predicted octanol–water partition coefficient (Wildman–Crippen LogP) is 1.44. The highest BCUT2D eigenvalue weighted by molar-refractivity contribution is 6.35. The maximum Gasteiger partial charge on any atom is 0.331 e. The molecule has 78 valence electrons. The maximum atomic E-state index is 10.6. The Morgan fingerprint density at radius 1 is 1.43 bits per heavy atom. The van der Waals surface area contributed by atoms with E-state index in [-0.39, 0.29) is 24.4 Å². The second kappa shape index (κ2) is 4.48. The summed E-state index contributed by atoms with van der Waals surface area (Å²) in [4.78, 5) is 19.5. The van der Waals surface area contributed by atoms with Gasteiger partial charge in [0.2, 0.25) is 0 Å². The number of allylic oxidation sites excluding steroid dienone is 2. The molecule has 0 radical (unpaired) electrons. The molecule has 6 heteroatoms. The topological polar surface area (TPSA) is 74.6 Å².